The molecule has 0 saturated carbocycles. The monoisotopic (exact) mass is 198 g/mol. The number of hydrogen-bond acceptors (Lipinski definition) is 2. The number of hydrogen-bond donors (Lipinski definition) is 2. The molecular formula is C11H22N2O. The zero-order valence-electron chi connectivity index (χ0n) is 9.63. The van der Waals surface area contributed by atoms with Gasteiger partial charge in [0.2, 0.25) is 5.91 Å². The first-order chi connectivity index (χ1) is 6.43. The van der Waals surface area contributed by atoms with E-state index in [4.69, 9.17) is 5.73 Å². The summed E-state index contributed by atoms with van der Waals surface area (Å²) >= 11 is 0. The predicted molar refractivity (Wildman–Crippen MR) is 59.9 cm³/mol. The number of allylic oxidation sites excluding steroid dienone is 1. The molecule has 1 amide bonds. The lowest BCUT2D eigenvalue weighted by molar-refractivity contribution is -0.122. The van der Waals surface area contributed by atoms with Crippen LogP contribution in [0.5, 0.6) is 0 Å². The molecule has 0 saturated heterocycles. The van der Waals surface area contributed by atoms with E-state index in [-0.39, 0.29) is 11.9 Å². The van der Waals surface area contributed by atoms with Crippen molar-refractivity contribution in [3.8, 4) is 0 Å². The van der Waals surface area contributed by atoms with Gasteiger partial charge in [-0.1, -0.05) is 25.5 Å². The van der Waals surface area contributed by atoms with E-state index in [2.05, 4.69) is 19.2 Å². The van der Waals surface area contributed by atoms with Gasteiger partial charge in [0.1, 0.15) is 0 Å². The van der Waals surface area contributed by atoms with Crippen LogP contribution < -0.4 is 11.1 Å². The highest BCUT2D eigenvalue weighted by Gasteiger charge is 2.13. The minimum Gasteiger partial charge on any atom is -0.351 e. The fourth-order valence-corrected chi connectivity index (χ4v) is 1.10. The molecule has 1 atom stereocenters. The third kappa shape index (κ3) is 6.66. The van der Waals surface area contributed by atoms with E-state index in [0.717, 1.165) is 6.42 Å². The first-order valence-corrected chi connectivity index (χ1v) is 5.10. The molecule has 1 unspecified atom stereocenters. The molecule has 3 heteroatoms. The van der Waals surface area contributed by atoms with Crippen molar-refractivity contribution in [2.45, 2.75) is 40.2 Å². The molecule has 0 spiro atoms. The van der Waals surface area contributed by atoms with Crippen LogP contribution in [0.15, 0.2) is 11.6 Å². The van der Waals surface area contributed by atoms with Gasteiger partial charge in [0.15, 0.2) is 0 Å². The number of nitrogens with one attached hydrogen (secondary N) is 1. The van der Waals surface area contributed by atoms with Crippen LogP contribution in [0.4, 0.5) is 0 Å². The van der Waals surface area contributed by atoms with Gasteiger partial charge in [-0.15, -0.1) is 0 Å². The van der Waals surface area contributed by atoms with Crippen LogP contribution in [0, 0.1) is 5.92 Å². The molecule has 82 valence electrons. The molecule has 0 rings (SSSR count). The largest absolute Gasteiger partial charge is 0.351 e. The van der Waals surface area contributed by atoms with E-state index >= 15 is 0 Å². The molecule has 0 aromatic heterocycles. The summed E-state index contributed by atoms with van der Waals surface area (Å²) in [5.41, 5.74) is 6.90. The second-order valence-electron chi connectivity index (χ2n) is 4.26. The first kappa shape index (κ1) is 13.2. The lowest BCUT2D eigenvalue weighted by atomic mass is 10.0. The smallest absolute Gasteiger partial charge is 0.237 e. The Labute approximate surface area is 86.8 Å². The van der Waals surface area contributed by atoms with E-state index in [1.165, 1.54) is 5.57 Å². The van der Waals surface area contributed by atoms with E-state index in [9.17, 15) is 4.79 Å². The lowest BCUT2D eigenvalue weighted by Crippen LogP contribution is -2.41. The minimum atomic E-state index is -0.374. The Kier molecular flexibility index (Phi) is 6.21. The number of rotatable bonds is 5. The third-order valence-electron chi connectivity index (χ3n) is 1.85. The van der Waals surface area contributed by atoms with E-state index in [1.54, 1.807) is 0 Å². The third-order valence-corrected chi connectivity index (χ3v) is 1.85. The highest BCUT2D eigenvalue weighted by Crippen LogP contribution is 2.02. The second kappa shape index (κ2) is 6.60. The molecule has 0 heterocycles. The van der Waals surface area contributed by atoms with Gasteiger partial charge in [-0.05, 0) is 26.2 Å². The molecule has 0 aromatic carbocycles. The van der Waals surface area contributed by atoms with E-state index in [0.29, 0.717) is 12.5 Å². The highest BCUT2D eigenvalue weighted by atomic mass is 16.2. The number of carbonyl (C=O) groups is 1. The van der Waals surface area contributed by atoms with Gasteiger partial charge in [0.25, 0.3) is 0 Å². The Bertz CT molecular complexity index is 205. The normalized spacial score (nSPS) is 12.4. The van der Waals surface area contributed by atoms with Gasteiger partial charge in [-0.3, -0.25) is 4.79 Å². The quantitative estimate of drug-likeness (QED) is 0.657. The SMILES string of the molecule is CC(C)=CCNC(=O)C(N)CC(C)C. The Morgan fingerprint density at radius 3 is 2.43 bits per heavy atom. The van der Waals surface area contributed by atoms with Crippen LogP contribution in [-0.4, -0.2) is 18.5 Å². The first-order valence-electron chi connectivity index (χ1n) is 5.10. The summed E-state index contributed by atoms with van der Waals surface area (Å²) in [6, 6.07) is -0.374. The van der Waals surface area contributed by atoms with Gasteiger partial charge in [0, 0.05) is 6.54 Å². The molecule has 0 fully saturated rings. The zero-order valence-corrected chi connectivity index (χ0v) is 9.63. The number of nitrogens with two attached hydrogens (primary N) is 1. The Balaban J connectivity index is 3.79. The molecule has 0 radical (unpaired) electrons. The average Bonchev–Trinajstić information content (AvgIpc) is 2.01. The summed E-state index contributed by atoms with van der Waals surface area (Å²) in [7, 11) is 0. The van der Waals surface area contributed by atoms with Crippen LogP contribution >= 0.6 is 0 Å². The summed E-state index contributed by atoms with van der Waals surface area (Å²) in [4.78, 5) is 11.4. The second-order valence-corrected chi connectivity index (χ2v) is 4.26. The Hall–Kier alpha value is -0.830. The van der Waals surface area contributed by atoms with Gasteiger partial charge < -0.3 is 11.1 Å². The number of carbonyl (C=O) groups excluding carboxylic acids is 1. The molecule has 3 N–H and O–H groups in total. The molecule has 0 aliphatic carbocycles. The van der Waals surface area contributed by atoms with E-state index in [1.807, 2.05) is 19.9 Å². The topological polar surface area (TPSA) is 55.1 Å². The molecule has 0 bridgehead atoms. The van der Waals surface area contributed by atoms with Crippen LogP contribution in [0.25, 0.3) is 0 Å². The Morgan fingerprint density at radius 2 is 2.00 bits per heavy atom. The van der Waals surface area contributed by atoms with Crippen molar-refractivity contribution in [2.75, 3.05) is 6.54 Å². The molecule has 0 aliphatic rings. The molecule has 3 nitrogen and oxygen atoms in total. The van der Waals surface area contributed by atoms with Crippen molar-refractivity contribution in [3.63, 3.8) is 0 Å². The van der Waals surface area contributed by atoms with Crippen LogP contribution in [0.3, 0.4) is 0 Å². The van der Waals surface area contributed by atoms with Crippen LogP contribution in [0.2, 0.25) is 0 Å². The van der Waals surface area contributed by atoms with Crippen molar-refractivity contribution in [2.24, 2.45) is 11.7 Å². The molecule has 0 aromatic rings. The molecule has 0 aliphatic heterocycles. The lowest BCUT2D eigenvalue weighted by Gasteiger charge is -2.13. The maximum atomic E-state index is 11.4. The minimum absolute atomic E-state index is 0.0591. The molecule has 14 heavy (non-hydrogen) atoms. The van der Waals surface area contributed by atoms with Crippen molar-refractivity contribution in [3.05, 3.63) is 11.6 Å². The van der Waals surface area contributed by atoms with Gasteiger partial charge in [-0.25, -0.2) is 0 Å². The summed E-state index contributed by atoms with van der Waals surface area (Å²) in [5.74, 6) is 0.399. The maximum Gasteiger partial charge on any atom is 0.237 e. The summed E-state index contributed by atoms with van der Waals surface area (Å²) in [6.07, 6.45) is 2.71. The summed E-state index contributed by atoms with van der Waals surface area (Å²) in [5, 5.41) is 2.78. The predicted octanol–water partition coefficient (Wildman–Crippen LogP) is 1.44. The number of amides is 1. The highest BCUT2D eigenvalue weighted by molar-refractivity contribution is 5.81. The fraction of sp³-hybridized carbons (Fsp3) is 0.727. The fourth-order valence-electron chi connectivity index (χ4n) is 1.10. The molecular weight excluding hydrogens is 176 g/mol. The van der Waals surface area contributed by atoms with Crippen LogP contribution in [-0.2, 0) is 4.79 Å². The van der Waals surface area contributed by atoms with Crippen molar-refractivity contribution in [1.29, 1.82) is 0 Å². The van der Waals surface area contributed by atoms with Crippen LogP contribution in [0.1, 0.15) is 34.1 Å². The average molecular weight is 198 g/mol. The van der Waals surface area contributed by atoms with Gasteiger partial charge in [-0.2, -0.15) is 0 Å². The van der Waals surface area contributed by atoms with Gasteiger partial charge in [0.05, 0.1) is 6.04 Å². The van der Waals surface area contributed by atoms with E-state index < -0.39 is 0 Å². The van der Waals surface area contributed by atoms with Crippen molar-refractivity contribution < 1.29 is 4.79 Å². The zero-order chi connectivity index (χ0) is 11.1. The summed E-state index contributed by atoms with van der Waals surface area (Å²) in [6.45, 7) is 8.69. The van der Waals surface area contributed by atoms with Crippen molar-refractivity contribution >= 4 is 5.91 Å². The summed E-state index contributed by atoms with van der Waals surface area (Å²) < 4.78 is 0. The maximum absolute atomic E-state index is 11.4. The standard InChI is InChI=1S/C11H22N2O/c1-8(2)5-6-13-11(14)10(12)7-9(3)4/h5,9-10H,6-7,12H2,1-4H3,(H,13,14). The van der Waals surface area contributed by atoms with Crippen molar-refractivity contribution in [1.82, 2.24) is 5.32 Å². The van der Waals surface area contributed by atoms with Gasteiger partial charge >= 0.3 is 0 Å². The Morgan fingerprint density at radius 1 is 1.43 bits per heavy atom.